The first-order valence-electron chi connectivity index (χ1n) is 9.27. The van der Waals surface area contributed by atoms with Gasteiger partial charge in [0.2, 0.25) is 0 Å². The van der Waals surface area contributed by atoms with Gasteiger partial charge in [0.05, 0.1) is 6.04 Å². The van der Waals surface area contributed by atoms with Crippen molar-refractivity contribution in [2.75, 3.05) is 6.61 Å². The van der Waals surface area contributed by atoms with Crippen molar-refractivity contribution >= 4 is 24.2 Å². The summed E-state index contributed by atoms with van der Waals surface area (Å²) < 4.78 is 34.7. The Morgan fingerprint density at radius 3 is 2.08 bits per heavy atom. The summed E-state index contributed by atoms with van der Waals surface area (Å²) in [5.41, 5.74) is 0.601. The first-order chi connectivity index (χ1) is 11.8. The number of halogens is 3. The molecule has 0 heterocycles. The van der Waals surface area contributed by atoms with Crippen LogP contribution in [-0.2, 0) is 4.43 Å². The molecular weight excluding hydrogens is 416 g/mol. The molecule has 0 bridgehead atoms. The van der Waals surface area contributed by atoms with E-state index in [4.69, 9.17) is 4.43 Å². The molecule has 1 N–H and O–H groups in total. The van der Waals surface area contributed by atoms with Crippen LogP contribution in [0.25, 0.3) is 0 Å². The van der Waals surface area contributed by atoms with Crippen molar-refractivity contribution in [2.24, 2.45) is 5.92 Å². The minimum Gasteiger partial charge on any atom is -0.415 e. The first kappa shape index (κ1) is 23.7. The van der Waals surface area contributed by atoms with E-state index in [1.165, 1.54) is 0 Å². The standard InChI is InChI=1S/C20H34BrF2NOSi/c1-14(2)12-17(13-25-26(6,7)20(3,4)5)24-18(19(22)23)15-8-10-16(21)11-9-15/h8-11,14,17-19,24H,12-13H2,1-7H3/t17-,18-/m0/s1. The van der Waals surface area contributed by atoms with E-state index in [9.17, 15) is 8.78 Å². The van der Waals surface area contributed by atoms with Gasteiger partial charge in [-0.15, -0.1) is 0 Å². The number of rotatable bonds is 9. The molecule has 0 aliphatic heterocycles. The van der Waals surface area contributed by atoms with Gasteiger partial charge in [-0.25, -0.2) is 8.78 Å². The van der Waals surface area contributed by atoms with Crippen molar-refractivity contribution in [3.63, 3.8) is 0 Å². The number of benzene rings is 1. The molecule has 26 heavy (non-hydrogen) atoms. The molecule has 0 aliphatic rings. The number of hydrogen-bond donors (Lipinski definition) is 1. The Morgan fingerprint density at radius 1 is 1.12 bits per heavy atom. The van der Waals surface area contributed by atoms with E-state index in [2.05, 4.69) is 69.0 Å². The van der Waals surface area contributed by atoms with Crippen molar-refractivity contribution in [3.05, 3.63) is 34.3 Å². The minimum atomic E-state index is -2.47. The van der Waals surface area contributed by atoms with Crippen LogP contribution in [0.5, 0.6) is 0 Å². The van der Waals surface area contributed by atoms with Gasteiger partial charge in [0, 0.05) is 17.1 Å². The van der Waals surface area contributed by atoms with Gasteiger partial charge in [0.25, 0.3) is 6.43 Å². The maximum atomic E-state index is 13.7. The summed E-state index contributed by atoms with van der Waals surface area (Å²) in [4.78, 5) is 0. The zero-order chi connectivity index (χ0) is 20.1. The molecule has 0 aromatic heterocycles. The summed E-state index contributed by atoms with van der Waals surface area (Å²) in [6, 6.07) is 6.00. The highest BCUT2D eigenvalue weighted by molar-refractivity contribution is 9.10. The van der Waals surface area contributed by atoms with Crippen molar-refractivity contribution in [3.8, 4) is 0 Å². The van der Waals surface area contributed by atoms with E-state index in [1.54, 1.807) is 24.3 Å². The number of nitrogens with one attached hydrogen (secondary N) is 1. The van der Waals surface area contributed by atoms with Gasteiger partial charge in [-0.1, -0.05) is 62.7 Å². The van der Waals surface area contributed by atoms with Crippen LogP contribution in [-0.4, -0.2) is 27.4 Å². The lowest BCUT2D eigenvalue weighted by atomic mass is 10.0. The molecule has 2 nitrogen and oxygen atoms in total. The van der Waals surface area contributed by atoms with Crippen LogP contribution in [0.3, 0.4) is 0 Å². The van der Waals surface area contributed by atoms with Crippen LogP contribution < -0.4 is 5.32 Å². The average Bonchev–Trinajstić information content (AvgIpc) is 2.49. The highest BCUT2D eigenvalue weighted by Crippen LogP contribution is 2.36. The smallest absolute Gasteiger partial charge is 0.257 e. The second-order valence-corrected chi connectivity index (χ2v) is 14.7. The first-order valence-corrected chi connectivity index (χ1v) is 13.0. The van der Waals surface area contributed by atoms with Crippen LogP contribution in [0.4, 0.5) is 8.78 Å². The molecule has 0 unspecified atom stereocenters. The molecule has 0 aliphatic carbocycles. The van der Waals surface area contributed by atoms with E-state index in [-0.39, 0.29) is 11.1 Å². The molecule has 0 saturated heterocycles. The fourth-order valence-electron chi connectivity index (χ4n) is 2.52. The van der Waals surface area contributed by atoms with Gasteiger partial charge >= 0.3 is 0 Å². The lowest BCUT2D eigenvalue weighted by molar-refractivity contribution is 0.0826. The molecule has 6 heteroatoms. The zero-order valence-corrected chi connectivity index (χ0v) is 19.7. The largest absolute Gasteiger partial charge is 0.415 e. The monoisotopic (exact) mass is 449 g/mol. The SMILES string of the molecule is CC(C)C[C@@H](CO[Si](C)(C)C(C)(C)C)N[C@@H](c1ccc(Br)cc1)C(F)F. The topological polar surface area (TPSA) is 21.3 Å². The summed E-state index contributed by atoms with van der Waals surface area (Å²) >= 11 is 3.36. The van der Waals surface area contributed by atoms with Gasteiger partial charge in [0.1, 0.15) is 0 Å². The fourth-order valence-corrected chi connectivity index (χ4v) is 3.83. The Morgan fingerprint density at radius 2 is 1.65 bits per heavy atom. The number of hydrogen-bond acceptors (Lipinski definition) is 2. The van der Waals surface area contributed by atoms with E-state index in [1.807, 2.05) is 0 Å². The van der Waals surface area contributed by atoms with Crippen LogP contribution >= 0.6 is 15.9 Å². The molecule has 2 atom stereocenters. The fraction of sp³-hybridized carbons (Fsp3) is 0.700. The molecule has 0 amide bonds. The van der Waals surface area contributed by atoms with E-state index in [0.29, 0.717) is 18.1 Å². The summed E-state index contributed by atoms with van der Waals surface area (Å²) in [7, 11) is -1.92. The minimum absolute atomic E-state index is 0.100. The molecule has 1 aromatic carbocycles. The Balaban J connectivity index is 2.91. The molecule has 0 saturated carbocycles. The van der Waals surface area contributed by atoms with Gasteiger partial charge in [0.15, 0.2) is 8.32 Å². The maximum absolute atomic E-state index is 13.7. The maximum Gasteiger partial charge on any atom is 0.257 e. The van der Waals surface area contributed by atoms with E-state index in [0.717, 1.165) is 10.9 Å². The summed E-state index contributed by atoms with van der Waals surface area (Å²) in [5, 5.41) is 3.28. The molecule has 0 radical (unpaired) electrons. The second kappa shape index (κ2) is 9.76. The Labute approximate surface area is 167 Å². The zero-order valence-electron chi connectivity index (χ0n) is 17.1. The quantitative estimate of drug-likeness (QED) is 0.419. The van der Waals surface area contributed by atoms with E-state index >= 15 is 0 Å². The Bertz CT molecular complexity index is 544. The van der Waals surface area contributed by atoms with Crippen LogP contribution in [0.1, 0.15) is 52.6 Å². The summed E-state index contributed by atoms with van der Waals surface area (Å²) in [6.45, 7) is 15.6. The molecule has 150 valence electrons. The predicted molar refractivity (Wildman–Crippen MR) is 112 cm³/mol. The van der Waals surface area contributed by atoms with Crippen molar-refractivity contribution < 1.29 is 13.2 Å². The van der Waals surface area contributed by atoms with Gasteiger partial charge in [-0.05, 0) is 48.2 Å². The third-order valence-electron chi connectivity index (χ3n) is 5.10. The number of alkyl halides is 2. The van der Waals surface area contributed by atoms with Crippen molar-refractivity contribution in [1.82, 2.24) is 5.32 Å². The molecule has 1 aromatic rings. The lowest BCUT2D eigenvalue weighted by Gasteiger charge is -2.38. The van der Waals surface area contributed by atoms with Gasteiger partial charge < -0.3 is 9.74 Å². The van der Waals surface area contributed by atoms with E-state index < -0.39 is 20.8 Å². The third kappa shape index (κ3) is 7.37. The summed E-state index contributed by atoms with van der Waals surface area (Å²) in [6.07, 6.45) is -1.67. The molecule has 1 rings (SSSR count). The van der Waals surface area contributed by atoms with Crippen molar-refractivity contribution in [1.29, 1.82) is 0 Å². The second-order valence-electron chi connectivity index (χ2n) is 8.93. The Hall–Kier alpha value is -0.303. The normalized spacial score (nSPS) is 15.5. The highest BCUT2D eigenvalue weighted by Gasteiger charge is 2.38. The van der Waals surface area contributed by atoms with Gasteiger partial charge in [-0.3, -0.25) is 0 Å². The lowest BCUT2D eigenvalue weighted by Crippen LogP contribution is -2.47. The molecular formula is C20H34BrF2NOSi. The van der Waals surface area contributed by atoms with Crippen molar-refractivity contribution in [2.45, 2.75) is 77.7 Å². The average molecular weight is 450 g/mol. The summed E-state index contributed by atoms with van der Waals surface area (Å²) in [5.74, 6) is 0.402. The van der Waals surface area contributed by atoms with Crippen LogP contribution in [0.2, 0.25) is 18.1 Å². The van der Waals surface area contributed by atoms with Gasteiger partial charge in [-0.2, -0.15) is 0 Å². The highest BCUT2D eigenvalue weighted by atomic mass is 79.9. The molecule has 0 spiro atoms. The van der Waals surface area contributed by atoms with Crippen LogP contribution in [0, 0.1) is 5.92 Å². The van der Waals surface area contributed by atoms with Crippen LogP contribution in [0.15, 0.2) is 28.7 Å². The predicted octanol–water partition coefficient (Wildman–Crippen LogP) is 6.78. The molecule has 0 fully saturated rings. The third-order valence-corrected chi connectivity index (χ3v) is 10.1. The Kier molecular flexibility index (Phi) is 8.91.